The molecular weight excluding hydrogens is 453 g/mol. The van der Waals surface area contributed by atoms with E-state index in [1.807, 2.05) is 25.1 Å². The highest BCUT2D eigenvalue weighted by molar-refractivity contribution is 7.82. The summed E-state index contributed by atoms with van der Waals surface area (Å²) in [5, 5.41) is 0.0256. The summed E-state index contributed by atoms with van der Waals surface area (Å²) in [6, 6.07) is 8.44. The Morgan fingerprint density at radius 3 is 2.55 bits per heavy atom. The van der Waals surface area contributed by atoms with Gasteiger partial charge in [-0.05, 0) is 43.5 Å². The van der Waals surface area contributed by atoms with Crippen molar-refractivity contribution in [1.82, 2.24) is 4.31 Å². The third kappa shape index (κ3) is 4.31. The molecule has 0 radical (unpaired) electrons. The van der Waals surface area contributed by atoms with Crippen molar-refractivity contribution in [2.45, 2.75) is 43.5 Å². The number of carbonyl (C=O) groups is 1. The van der Waals surface area contributed by atoms with Crippen LogP contribution in [0.3, 0.4) is 0 Å². The molecule has 0 spiro atoms. The Hall–Kier alpha value is -2.10. The molecule has 31 heavy (non-hydrogen) atoms. The Morgan fingerprint density at radius 1 is 1.16 bits per heavy atom. The van der Waals surface area contributed by atoms with Gasteiger partial charge in [0, 0.05) is 24.7 Å². The fraction of sp³-hybridized carbons (Fsp3) is 0.381. The minimum atomic E-state index is -4.55. The van der Waals surface area contributed by atoms with Crippen LogP contribution in [-0.2, 0) is 28.5 Å². The summed E-state index contributed by atoms with van der Waals surface area (Å²) in [5.41, 5.74) is 1.86. The van der Waals surface area contributed by atoms with Crippen LogP contribution in [0.5, 0.6) is 0 Å². The highest BCUT2D eigenvalue weighted by Gasteiger charge is 2.37. The van der Waals surface area contributed by atoms with E-state index in [1.165, 1.54) is 0 Å². The maximum atomic E-state index is 13.0. The molecule has 1 unspecified atom stereocenters. The Bertz CT molecular complexity index is 1040. The summed E-state index contributed by atoms with van der Waals surface area (Å²) in [6.07, 6.45) is -3.95. The summed E-state index contributed by atoms with van der Waals surface area (Å²) < 4.78 is 59.0. The van der Waals surface area contributed by atoms with E-state index in [1.54, 1.807) is 9.21 Å². The molecule has 0 aliphatic carbocycles. The van der Waals surface area contributed by atoms with Gasteiger partial charge in [0.15, 0.2) is 0 Å². The molecule has 10 heteroatoms. The van der Waals surface area contributed by atoms with Crippen LogP contribution in [0.2, 0.25) is 5.02 Å². The van der Waals surface area contributed by atoms with E-state index in [0.29, 0.717) is 25.9 Å². The molecule has 0 bridgehead atoms. The zero-order valence-electron chi connectivity index (χ0n) is 16.6. The van der Waals surface area contributed by atoms with Crippen molar-refractivity contribution in [2.75, 3.05) is 18.0 Å². The van der Waals surface area contributed by atoms with Gasteiger partial charge >= 0.3 is 12.3 Å². The van der Waals surface area contributed by atoms with Crippen LogP contribution in [-0.4, -0.2) is 33.7 Å². The van der Waals surface area contributed by atoms with Crippen molar-refractivity contribution in [3.8, 4) is 0 Å². The molecule has 2 aromatic carbocycles. The number of para-hydroxylation sites is 1. The number of nitrogens with zero attached hydrogens (tertiary/aromatic N) is 2. The number of cyclic esters (lactones) is 1. The van der Waals surface area contributed by atoms with Gasteiger partial charge in [-0.2, -0.15) is 13.2 Å². The van der Waals surface area contributed by atoms with Crippen molar-refractivity contribution in [3.63, 3.8) is 0 Å². The molecule has 1 amide bonds. The summed E-state index contributed by atoms with van der Waals surface area (Å²) >= 11 is 6.05. The molecular formula is C21H20ClF3N2O3S. The van der Waals surface area contributed by atoms with Crippen LogP contribution in [0.15, 0.2) is 41.3 Å². The molecule has 0 saturated carbocycles. The Kier molecular flexibility index (Phi) is 6.02. The molecule has 4 rings (SSSR count). The van der Waals surface area contributed by atoms with E-state index in [0.717, 1.165) is 35.0 Å². The third-order valence-electron chi connectivity index (χ3n) is 5.58. The fourth-order valence-electron chi connectivity index (χ4n) is 4.03. The van der Waals surface area contributed by atoms with E-state index in [4.69, 9.17) is 16.3 Å². The molecule has 0 aromatic heterocycles. The monoisotopic (exact) mass is 472 g/mol. The molecule has 1 fully saturated rings. The average molecular weight is 473 g/mol. The lowest BCUT2D eigenvalue weighted by molar-refractivity contribution is -0.137. The number of hydrogen-bond acceptors (Lipinski definition) is 3. The maximum absolute atomic E-state index is 13.0. The first-order valence-corrected chi connectivity index (χ1v) is 11.2. The second-order valence-corrected chi connectivity index (χ2v) is 9.42. The Morgan fingerprint density at radius 2 is 1.87 bits per heavy atom. The summed E-state index contributed by atoms with van der Waals surface area (Å²) in [5.74, 6) is 0. The zero-order chi connectivity index (χ0) is 22.3. The van der Waals surface area contributed by atoms with Crippen LogP contribution in [0, 0.1) is 6.92 Å². The third-order valence-corrected chi connectivity index (χ3v) is 7.57. The highest BCUT2D eigenvalue weighted by Crippen LogP contribution is 2.36. The number of anilines is 1. The van der Waals surface area contributed by atoms with Crippen molar-refractivity contribution in [2.24, 2.45) is 0 Å². The van der Waals surface area contributed by atoms with Gasteiger partial charge in [-0.3, -0.25) is 4.90 Å². The number of carbonyl (C=O) groups excluding carboxylic acids is 1. The second kappa shape index (κ2) is 8.44. The van der Waals surface area contributed by atoms with E-state index in [-0.39, 0.29) is 22.6 Å². The smallest absolute Gasteiger partial charge is 0.416 e. The topological polar surface area (TPSA) is 49.9 Å². The SMILES string of the molecule is Cc1cccc2c1N(C1CCN(S(=O)c3cc(C(F)(F)F)ccc3Cl)CC1)C(=O)OC2. The summed E-state index contributed by atoms with van der Waals surface area (Å²) in [6.45, 7) is 2.84. The molecule has 2 aromatic rings. The lowest BCUT2D eigenvalue weighted by Gasteiger charge is -2.40. The van der Waals surface area contributed by atoms with E-state index >= 15 is 0 Å². The minimum Gasteiger partial charge on any atom is -0.444 e. The molecule has 2 aliphatic heterocycles. The van der Waals surface area contributed by atoms with Crippen LogP contribution < -0.4 is 4.90 Å². The molecule has 5 nitrogen and oxygen atoms in total. The first-order valence-electron chi connectivity index (χ1n) is 9.75. The normalized spacial score (nSPS) is 19.1. The van der Waals surface area contributed by atoms with Gasteiger partial charge in [0.1, 0.15) is 17.6 Å². The Balaban J connectivity index is 1.51. The number of fused-ring (bicyclic) bond motifs is 1. The van der Waals surface area contributed by atoms with E-state index in [2.05, 4.69) is 0 Å². The number of hydrogen-bond donors (Lipinski definition) is 0. The van der Waals surface area contributed by atoms with Gasteiger partial charge < -0.3 is 4.74 Å². The molecule has 2 heterocycles. The summed E-state index contributed by atoms with van der Waals surface area (Å²) in [4.78, 5) is 14.1. The Labute approximate surface area is 185 Å². The lowest BCUT2D eigenvalue weighted by Crippen LogP contribution is -2.50. The molecule has 0 N–H and O–H groups in total. The average Bonchev–Trinajstić information content (AvgIpc) is 2.73. The molecule has 2 aliphatic rings. The predicted octanol–water partition coefficient (Wildman–Crippen LogP) is 5.31. The van der Waals surface area contributed by atoms with Crippen molar-refractivity contribution < 1.29 is 26.9 Å². The first kappa shape index (κ1) is 22.1. The van der Waals surface area contributed by atoms with Gasteiger partial charge in [-0.15, -0.1) is 0 Å². The number of benzene rings is 2. The van der Waals surface area contributed by atoms with Crippen molar-refractivity contribution >= 4 is 34.4 Å². The number of halogens is 4. The van der Waals surface area contributed by atoms with Gasteiger partial charge in [-0.25, -0.2) is 13.3 Å². The lowest BCUT2D eigenvalue weighted by atomic mass is 10.00. The zero-order valence-corrected chi connectivity index (χ0v) is 18.2. The van der Waals surface area contributed by atoms with Gasteiger partial charge in [0.2, 0.25) is 0 Å². The largest absolute Gasteiger partial charge is 0.444 e. The van der Waals surface area contributed by atoms with E-state index in [9.17, 15) is 22.2 Å². The van der Waals surface area contributed by atoms with Crippen LogP contribution in [0.1, 0.15) is 29.5 Å². The van der Waals surface area contributed by atoms with Crippen molar-refractivity contribution in [3.05, 3.63) is 58.1 Å². The minimum absolute atomic E-state index is 0.0256. The van der Waals surface area contributed by atoms with Crippen molar-refractivity contribution in [1.29, 1.82) is 0 Å². The standard InChI is InChI=1S/C21H20ClF3N2O3S/c1-13-3-2-4-14-12-30-20(28)27(19(13)14)16-7-9-26(10-8-16)31(29)18-11-15(21(23,24)25)5-6-17(18)22/h2-6,11,16H,7-10,12H2,1H3. The van der Waals surface area contributed by atoms with Crippen LogP contribution >= 0.6 is 11.6 Å². The highest BCUT2D eigenvalue weighted by atomic mass is 35.5. The predicted molar refractivity (Wildman–Crippen MR) is 111 cm³/mol. The van der Waals surface area contributed by atoms with Gasteiger partial charge in [0.05, 0.1) is 21.2 Å². The van der Waals surface area contributed by atoms with Crippen LogP contribution in [0.25, 0.3) is 0 Å². The quantitative estimate of drug-likeness (QED) is 0.608. The molecule has 1 saturated heterocycles. The number of aryl methyl sites for hydroxylation is 1. The molecule has 166 valence electrons. The van der Waals surface area contributed by atoms with Gasteiger partial charge in [-0.1, -0.05) is 29.8 Å². The number of rotatable bonds is 3. The number of amides is 1. The first-order chi connectivity index (χ1) is 14.7. The number of alkyl halides is 3. The fourth-order valence-corrected chi connectivity index (χ4v) is 5.63. The van der Waals surface area contributed by atoms with Crippen LogP contribution in [0.4, 0.5) is 23.7 Å². The number of ether oxygens (including phenoxy) is 1. The number of piperidine rings is 1. The summed E-state index contributed by atoms with van der Waals surface area (Å²) in [7, 11) is -1.84. The molecule has 1 atom stereocenters. The van der Waals surface area contributed by atoms with E-state index < -0.39 is 28.8 Å². The maximum Gasteiger partial charge on any atom is 0.416 e. The van der Waals surface area contributed by atoms with Gasteiger partial charge in [0.25, 0.3) is 0 Å². The second-order valence-electron chi connectivity index (χ2n) is 7.56.